The molecule has 0 radical (unpaired) electrons. The third-order valence-electron chi connectivity index (χ3n) is 3.75. The Morgan fingerprint density at radius 1 is 1.53 bits per heavy atom. The van der Waals surface area contributed by atoms with Crippen LogP contribution in [0.5, 0.6) is 0 Å². The maximum Gasteiger partial charge on any atom is 0.228 e. The minimum Gasteiger partial charge on any atom is -0.375 e. The highest BCUT2D eigenvalue weighted by atomic mass is 32.1. The number of nitrogens with zero attached hydrogens (tertiary/aromatic N) is 3. The maximum atomic E-state index is 12.2. The van der Waals surface area contributed by atoms with Crippen LogP contribution in [0.3, 0.4) is 0 Å². The van der Waals surface area contributed by atoms with Gasteiger partial charge in [-0.1, -0.05) is 0 Å². The fourth-order valence-corrected chi connectivity index (χ4v) is 3.32. The smallest absolute Gasteiger partial charge is 0.228 e. The standard InChI is InChI=1S/C12H16N4O2S/c13-12-14-8(7-19-12)5-11(18)15-3-4-16-9(6-15)1-2-10(16)17/h7,9H,1-6H2,(H2,13,14). The number of fused-ring (bicyclic) bond motifs is 1. The molecule has 6 nitrogen and oxygen atoms in total. The Kier molecular flexibility index (Phi) is 3.14. The molecule has 3 heterocycles. The third kappa shape index (κ3) is 2.42. The Morgan fingerprint density at radius 3 is 3.11 bits per heavy atom. The number of aromatic nitrogens is 1. The lowest BCUT2D eigenvalue weighted by atomic mass is 10.1. The van der Waals surface area contributed by atoms with Crippen molar-refractivity contribution in [2.24, 2.45) is 0 Å². The number of carbonyl (C=O) groups excluding carboxylic acids is 2. The van der Waals surface area contributed by atoms with Gasteiger partial charge in [-0.25, -0.2) is 4.98 Å². The summed E-state index contributed by atoms with van der Waals surface area (Å²) < 4.78 is 0. The van der Waals surface area contributed by atoms with Crippen molar-refractivity contribution in [3.8, 4) is 0 Å². The SMILES string of the molecule is Nc1nc(CC(=O)N2CCN3C(=O)CCC3C2)cs1. The molecule has 0 saturated carbocycles. The molecule has 1 unspecified atom stereocenters. The lowest BCUT2D eigenvalue weighted by Gasteiger charge is -2.37. The number of carbonyl (C=O) groups is 2. The first kappa shape index (κ1) is 12.4. The normalized spacial score (nSPS) is 22.7. The van der Waals surface area contributed by atoms with Crippen LogP contribution < -0.4 is 5.73 Å². The van der Waals surface area contributed by atoms with Crippen molar-refractivity contribution in [2.45, 2.75) is 25.3 Å². The second-order valence-electron chi connectivity index (χ2n) is 4.97. The van der Waals surface area contributed by atoms with Crippen LogP contribution in [-0.4, -0.2) is 52.3 Å². The fourth-order valence-electron chi connectivity index (χ4n) is 2.76. The van der Waals surface area contributed by atoms with E-state index in [9.17, 15) is 9.59 Å². The van der Waals surface area contributed by atoms with Gasteiger partial charge in [0.2, 0.25) is 11.8 Å². The first-order chi connectivity index (χ1) is 9.13. The van der Waals surface area contributed by atoms with E-state index in [1.807, 2.05) is 15.2 Å². The molecule has 0 aliphatic carbocycles. The van der Waals surface area contributed by atoms with E-state index < -0.39 is 0 Å². The van der Waals surface area contributed by atoms with Crippen molar-refractivity contribution in [3.05, 3.63) is 11.1 Å². The van der Waals surface area contributed by atoms with Crippen LogP contribution in [0, 0.1) is 0 Å². The predicted molar refractivity (Wildman–Crippen MR) is 71.5 cm³/mol. The summed E-state index contributed by atoms with van der Waals surface area (Å²) in [4.78, 5) is 31.6. The molecule has 102 valence electrons. The van der Waals surface area contributed by atoms with Gasteiger partial charge in [-0.15, -0.1) is 11.3 Å². The number of nitrogen functional groups attached to an aromatic ring is 1. The van der Waals surface area contributed by atoms with E-state index in [1.165, 1.54) is 11.3 Å². The number of nitrogens with two attached hydrogens (primary N) is 1. The monoisotopic (exact) mass is 280 g/mol. The van der Waals surface area contributed by atoms with Gasteiger partial charge in [0.05, 0.1) is 12.1 Å². The lowest BCUT2D eigenvalue weighted by Crippen LogP contribution is -2.53. The van der Waals surface area contributed by atoms with Gasteiger partial charge in [0.1, 0.15) is 0 Å². The molecule has 2 aliphatic rings. The van der Waals surface area contributed by atoms with Gasteiger partial charge >= 0.3 is 0 Å². The summed E-state index contributed by atoms with van der Waals surface area (Å²) in [6.07, 6.45) is 1.79. The molecule has 1 aromatic rings. The lowest BCUT2D eigenvalue weighted by molar-refractivity contribution is -0.138. The highest BCUT2D eigenvalue weighted by Crippen LogP contribution is 2.23. The molecule has 0 bridgehead atoms. The Morgan fingerprint density at radius 2 is 2.37 bits per heavy atom. The number of anilines is 1. The number of rotatable bonds is 2. The van der Waals surface area contributed by atoms with Crippen LogP contribution in [0.4, 0.5) is 5.13 Å². The highest BCUT2D eigenvalue weighted by molar-refractivity contribution is 7.13. The first-order valence-electron chi connectivity index (χ1n) is 6.40. The Labute approximate surface area is 115 Å². The molecular formula is C12H16N4O2S. The Hall–Kier alpha value is -1.63. The van der Waals surface area contributed by atoms with E-state index in [2.05, 4.69) is 4.98 Å². The van der Waals surface area contributed by atoms with Gasteiger partial charge in [-0.2, -0.15) is 0 Å². The van der Waals surface area contributed by atoms with E-state index in [4.69, 9.17) is 5.73 Å². The molecule has 0 aromatic carbocycles. The summed E-state index contributed by atoms with van der Waals surface area (Å²) in [5, 5.41) is 2.32. The third-order valence-corrected chi connectivity index (χ3v) is 4.47. The Bertz CT molecular complexity index is 516. The number of amides is 2. The summed E-state index contributed by atoms with van der Waals surface area (Å²) in [5.41, 5.74) is 6.29. The summed E-state index contributed by atoms with van der Waals surface area (Å²) >= 11 is 1.35. The fraction of sp³-hybridized carbons (Fsp3) is 0.583. The minimum absolute atomic E-state index is 0.0734. The van der Waals surface area contributed by atoms with Crippen LogP contribution in [0.25, 0.3) is 0 Å². The van der Waals surface area contributed by atoms with E-state index in [0.717, 1.165) is 12.1 Å². The largest absolute Gasteiger partial charge is 0.375 e. The summed E-state index contributed by atoms with van der Waals surface area (Å²) in [6, 6.07) is 0.214. The summed E-state index contributed by atoms with van der Waals surface area (Å²) in [6.45, 7) is 1.94. The van der Waals surface area contributed by atoms with Crippen molar-refractivity contribution in [2.75, 3.05) is 25.4 Å². The van der Waals surface area contributed by atoms with Gasteiger partial charge in [0.15, 0.2) is 5.13 Å². The van der Waals surface area contributed by atoms with Crippen molar-refractivity contribution in [1.82, 2.24) is 14.8 Å². The van der Waals surface area contributed by atoms with Gasteiger partial charge in [0, 0.05) is 37.5 Å². The van der Waals surface area contributed by atoms with Crippen LogP contribution in [0.15, 0.2) is 5.38 Å². The molecule has 1 atom stereocenters. The zero-order valence-corrected chi connectivity index (χ0v) is 11.4. The van der Waals surface area contributed by atoms with Crippen molar-refractivity contribution in [1.29, 1.82) is 0 Å². The van der Waals surface area contributed by atoms with Crippen molar-refractivity contribution in [3.63, 3.8) is 0 Å². The van der Waals surface area contributed by atoms with Crippen LogP contribution >= 0.6 is 11.3 Å². The number of thiazole rings is 1. The second kappa shape index (κ2) is 4.80. The summed E-state index contributed by atoms with van der Waals surface area (Å²) in [5.74, 6) is 0.300. The topological polar surface area (TPSA) is 79.5 Å². The molecule has 3 rings (SSSR count). The second-order valence-corrected chi connectivity index (χ2v) is 5.86. The van der Waals surface area contributed by atoms with Gasteiger partial charge in [0.25, 0.3) is 0 Å². The summed E-state index contributed by atoms with van der Waals surface area (Å²) in [7, 11) is 0. The predicted octanol–water partition coefficient (Wildman–Crippen LogP) is 0.101. The molecule has 1 aromatic heterocycles. The molecule has 2 aliphatic heterocycles. The molecular weight excluding hydrogens is 264 g/mol. The molecule has 2 amide bonds. The molecule has 19 heavy (non-hydrogen) atoms. The van der Waals surface area contributed by atoms with Crippen LogP contribution in [0.1, 0.15) is 18.5 Å². The number of hydrogen-bond acceptors (Lipinski definition) is 5. The maximum absolute atomic E-state index is 12.2. The molecule has 0 spiro atoms. The Balaban J connectivity index is 1.61. The van der Waals surface area contributed by atoms with Gasteiger partial charge in [-0.05, 0) is 6.42 Å². The minimum atomic E-state index is 0.0734. The first-order valence-corrected chi connectivity index (χ1v) is 7.28. The van der Waals surface area contributed by atoms with Crippen LogP contribution in [0.2, 0.25) is 0 Å². The molecule has 7 heteroatoms. The number of hydrogen-bond donors (Lipinski definition) is 1. The van der Waals surface area contributed by atoms with E-state index in [-0.39, 0.29) is 17.9 Å². The van der Waals surface area contributed by atoms with Crippen LogP contribution in [-0.2, 0) is 16.0 Å². The zero-order valence-electron chi connectivity index (χ0n) is 10.5. The van der Waals surface area contributed by atoms with E-state index in [0.29, 0.717) is 37.6 Å². The molecule has 2 saturated heterocycles. The molecule has 2 N–H and O–H groups in total. The van der Waals surface area contributed by atoms with Crippen molar-refractivity contribution < 1.29 is 9.59 Å². The van der Waals surface area contributed by atoms with Crippen molar-refractivity contribution >= 4 is 28.3 Å². The molecule has 2 fully saturated rings. The quantitative estimate of drug-likeness (QED) is 0.833. The average molecular weight is 280 g/mol. The highest BCUT2D eigenvalue weighted by Gasteiger charge is 2.36. The average Bonchev–Trinajstić information content (AvgIpc) is 2.96. The van der Waals surface area contributed by atoms with E-state index >= 15 is 0 Å². The van der Waals surface area contributed by atoms with E-state index in [1.54, 1.807) is 0 Å². The number of piperazine rings is 1. The van der Waals surface area contributed by atoms with Gasteiger partial charge in [-0.3, -0.25) is 9.59 Å². The zero-order chi connectivity index (χ0) is 13.4. The van der Waals surface area contributed by atoms with Gasteiger partial charge < -0.3 is 15.5 Å².